The van der Waals surface area contributed by atoms with Crippen molar-refractivity contribution in [1.82, 2.24) is 5.32 Å². The predicted octanol–water partition coefficient (Wildman–Crippen LogP) is 3.02. The molecule has 2 unspecified atom stereocenters. The van der Waals surface area contributed by atoms with Gasteiger partial charge in [0.05, 0.1) is 6.61 Å². The van der Waals surface area contributed by atoms with E-state index in [1.165, 1.54) is 18.4 Å². The Balaban J connectivity index is 1.98. The molecule has 0 saturated carbocycles. The molecule has 1 aliphatic heterocycles. The standard InChI is InChI=1S/C15H23NO/c1-3-17-15-7-5-4-6-14(15)10-13-9-8-12(2)16-11-13/h4-7,12-13,16H,3,8-11H2,1-2H3. The summed E-state index contributed by atoms with van der Waals surface area (Å²) >= 11 is 0. The lowest BCUT2D eigenvalue weighted by Gasteiger charge is -2.28. The van der Waals surface area contributed by atoms with Crippen molar-refractivity contribution in [3.8, 4) is 5.75 Å². The second kappa shape index (κ2) is 6.06. The molecular formula is C15H23NO. The summed E-state index contributed by atoms with van der Waals surface area (Å²) in [7, 11) is 0. The third-order valence-corrected chi connectivity index (χ3v) is 3.54. The quantitative estimate of drug-likeness (QED) is 0.863. The lowest BCUT2D eigenvalue weighted by molar-refractivity contribution is 0.309. The van der Waals surface area contributed by atoms with Crippen molar-refractivity contribution in [2.45, 2.75) is 39.2 Å². The van der Waals surface area contributed by atoms with Crippen molar-refractivity contribution in [2.24, 2.45) is 5.92 Å². The Morgan fingerprint density at radius 1 is 1.29 bits per heavy atom. The summed E-state index contributed by atoms with van der Waals surface area (Å²) in [6, 6.07) is 9.13. The van der Waals surface area contributed by atoms with Crippen LogP contribution in [-0.2, 0) is 6.42 Å². The Morgan fingerprint density at radius 3 is 2.82 bits per heavy atom. The van der Waals surface area contributed by atoms with Crippen LogP contribution in [0.4, 0.5) is 0 Å². The van der Waals surface area contributed by atoms with Crippen molar-refractivity contribution >= 4 is 0 Å². The molecule has 1 heterocycles. The topological polar surface area (TPSA) is 21.3 Å². The van der Waals surface area contributed by atoms with Crippen LogP contribution in [0.3, 0.4) is 0 Å². The average molecular weight is 233 g/mol. The van der Waals surface area contributed by atoms with E-state index in [4.69, 9.17) is 4.74 Å². The van der Waals surface area contributed by atoms with Gasteiger partial charge in [0, 0.05) is 6.04 Å². The van der Waals surface area contributed by atoms with Gasteiger partial charge in [0.15, 0.2) is 0 Å². The van der Waals surface area contributed by atoms with Crippen LogP contribution >= 0.6 is 0 Å². The molecule has 0 amide bonds. The molecule has 1 aromatic carbocycles. The number of hydrogen-bond acceptors (Lipinski definition) is 2. The minimum Gasteiger partial charge on any atom is -0.494 e. The molecule has 1 aliphatic rings. The highest BCUT2D eigenvalue weighted by Gasteiger charge is 2.18. The summed E-state index contributed by atoms with van der Waals surface area (Å²) < 4.78 is 5.68. The lowest BCUT2D eigenvalue weighted by atomic mass is 9.89. The van der Waals surface area contributed by atoms with Crippen LogP contribution in [0.1, 0.15) is 32.3 Å². The molecule has 17 heavy (non-hydrogen) atoms. The Morgan fingerprint density at radius 2 is 2.12 bits per heavy atom. The third kappa shape index (κ3) is 3.47. The zero-order chi connectivity index (χ0) is 12.1. The first kappa shape index (κ1) is 12.4. The Bertz CT molecular complexity index is 343. The number of rotatable bonds is 4. The molecule has 1 N–H and O–H groups in total. The smallest absolute Gasteiger partial charge is 0.122 e. The van der Waals surface area contributed by atoms with Crippen LogP contribution in [0.2, 0.25) is 0 Å². The van der Waals surface area contributed by atoms with Gasteiger partial charge >= 0.3 is 0 Å². The first-order valence-electron chi connectivity index (χ1n) is 6.73. The van der Waals surface area contributed by atoms with E-state index in [9.17, 15) is 0 Å². The second-order valence-electron chi connectivity index (χ2n) is 5.00. The van der Waals surface area contributed by atoms with E-state index in [2.05, 4.69) is 36.5 Å². The molecular weight excluding hydrogens is 210 g/mol. The summed E-state index contributed by atoms with van der Waals surface area (Å²) in [5, 5.41) is 3.56. The fourth-order valence-electron chi connectivity index (χ4n) is 2.51. The highest BCUT2D eigenvalue weighted by Crippen LogP contribution is 2.25. The van der Waals surface area contributed by atoms with Crippen molar-refractivity contribution < 1.29 is 4.74 Å². The van der Waals surface area contributed by atoms with Gasteiger partial charge in [-0.2, -0.15) is 0 Å². The Kier molecular flexibility index (Phi) is 4.43. The molecule has 1 saturated heterocycles. The number of hydrogen-bond donors (Lipinski definition) is 1. The molecule has 0 radical (unpaired) electrons. The minimum absolute atomic E-state index is 0.688. The van der Waals surface area contributed by atoms with E-state index in [1.54, 1.807) is 0 Å². The maximum atomic E-state index is 5.68. The van der Waals surface area contributed by atoms with Gasteiger partial charge in [0.2, 0.25) is 0 Å². The summed E-state index contributed by atoms with van der Waals surface area (Å²) in [6.45, 7) is 6.20. The zero-order valence-corrected chi connectivity index (χ0v) is 10.9. The van der Waals surface area contributed by atoms with Crippen molar-refractivity contribution in [2.75, 3.05) is 13.2 Å². The van der Waals surface area contributed by atoms with E-state index in [1.807, 2.05) is 6.92 Å². The highest BCUT2D eigenvalue weighted by atomic mass is 16.5. The largest absolute Gasteiger partial charge is 0.494 e. The number of para-hydroxylation sites is 1. The van der Waals surface area contributed by atoms with Crippen LogP contribution < -0.4 is 10.1 Å². The van der Waals surface area contributed by atoms with Gasteiger partial charge in [-0.15, -0.1) is 0 Å². The first-order chi connectivity index (χ1) is 8.29. The van der Waals surface area contributed by atoms with Gasteiger partial charge < -0.3 is 10.1 Å². The van der Waals surface area contributed by atoms with Gasteiger partial charge in [-0.05, 0) is 57.2 Å². The Labute approximate surface area is 104 Å². The zero-order valence-electron chi connectivity index (χ0n) is 10.9. The van der Waals surface area contributed by atoms with Gasteiger partial charge in [0.1, 0.15) is 5.75 Å². The van der Waals surface area contributed by atoms with Gasteiger partial charge in [0.25, 0.3) is 0 Å². The molecule has 1 fully saturated rings. The summed E-state index contributed by atoms with van der Waals surface area (Å²) in [5.41, 5.74) is 1.36. The molecule has 2 rings (SSSR count). The van der Waals surface area contributed by atoms with Crippen LogP contribution in [0.15, 0.2) is 24.3 Å². The predicted molar refractivity (Wildman–Crippen MR) is 71.5 cm³/mol. The van der Waals surface area contributed by atoms with E-state index in [0.717, 1.165) is 31.2 Å². The van der Waals surface area contributed by atoms with E-state index in [-0.39, 0.29) is 0 Å². The summed E-state index contributed by atoms with van der Waals surface area (Å²) in [6.07, 6.45) is 3.76. The van der Waals surface area contributed by atoms with Gasteiger partial charge in [-0.1, -0.05) is 18.2 Å². The molecule has 0 spiro atoms. The first-order valence-corrected chi connectivity index (χ1v) is 6.73. The monoisotopic (exact) mass is 233 g/mol. The summed E-state index contributed by atoms with van der Waals surface area (Å²) in [5.74, 6) is 1.82. The Hall–Kier alpha value is -1.02. The lowest BCUT2D eigenvalue weighted by Crippen LogP contribution is -2.37. The van der Waals surface area contributed by atoms with Crippen LogP contribution in [0.25, 0.3) is 0 Å². The number of benzene rings is 1. The molecule has 0 aliphatic carbocycles. The van der Waals surface area contributed by atoms with Gasteiger partial charge in [-0.25, -0.2) is 0 Å². The highest BCUT2D eigenvalue weighted by molar-refractivity contribution is 5.33. The molecule has 2 heteroatoms. The number of piperidine rings is 1. The number of nitrogens with one attached hydrogen (secondary N) is 1. The number of ether oxygens (including phenoxy) is 1. The van der Waals surface area contributed by atoms with E-state index >= 15 is 0 Å². The molecule has 2 atom stereocenters. The molecule has 0 aromatic heterocycles. The van der Waals surface area contributed by atoms with Crippen LogP contribution in [0.5, 0.6) is 5.75 Å². The third-order valence-electron chi connectivity index (χ3n) is 3.54. The van der Waals surface area contributed by atoms with Crippen LogP contribution in [-0.4, -0.2) is 19.2 Å². The van der Waals surface area contributed by atoms with Crippen molar-refractivity contribution in [1.29, 1.82) is 0 Å². The molecule has 94 valence electrons. The fraction of sp³-hybridized carbons (Fsp3) is 0.600. The van der Waals surface area contributed by atoms with E-state index in [0.29, 0.717) is 6.04 Å². The molecule has 0 bridgehead atoms. The molecule has 1 aromatic rings. The van der Waals surface area contributed by atoms with Crippen molar-refractivity contribution in [3.05, 3.63) is 29.8 Å². The normalized spacial score (nSPS) is 24.6. The molecule has 2 nitrogen and oxygen atoms in total. The average Bonchev–Trinajstić information content (AvgIpc) is 2.35. The van der Waals surface area contributed by atoms with Crippen molar-refractivity contribution in [3.63, 3.8) is 0 Å². The van der Waals surface area contributed by atoms with Crippen LogP contribution in [0, 0.1) is 5.92 Å². The maximum absolute atomic E-state index is 5.68. The maximum Gasteiger partial charge on any atom is 0.122 e. The van der Waals surface area contributed by atoms with Gasteiger partial charge in [-0.3, -0.25) is 0 Å². The van der Waals surface area contributed by atoms with E-state index < -0.39 is 0 Å². The summed E-state index contributed by atoms with van der Waals surface area (Å²) in [4.78, 5) is 0. The minimum atomic E-state index is 0.688. The fourth-order valence-corrected chi connectivity index (χ4v) is 2.51. The SMILES string of the molecule is CCOc1ccccc1CC1CCC(C)NC1. The second-order valence-corrected chi connectivity index (χ2v) is 5.00.